The Bertz CT molecular complexity index is 1020. The molecular formula is C23H23N3O4. The zero-order valence-corrected chi connectivity index (χ0v) is 16.8. The van der Waals surface area contributed by atoms with Gasteiger partial charge in [-0.15, -0.1) is 0 Å². The third-order valence-corrected chi connectivity index (χ3v) is 5.13. The fourth-order valence-electron chi connectivity index (χ4n) is 3.63. The van der Waals surface area contributed by atoms with Gasteiger partial charge in [-0.05, 0) is 25.1 Å². The van der Waals surface area contributed by atoms with Gasteiger partial charge in [-0.3, -0.25) is 4.79 Å². The van der Waals surface area contributed by atoms with Gasteiger partial charge in [0.2, 0.25) is 0 Å². The zero-order chi connectivity index (χ0) is 20.9. The van der Waals surface area contributed by atoms with Crippen LogP contribution in [-0.4, -0.2) is 54.5 Å². The van der Waals surface area contributed by atoms with Gasteiger partial charge >= 0.3 is 5.97 Å². The molecule has 1 aliphatic rings. The number of hydrogen-bond donors (Lipinski definition) is 0. The molecule has 2 aromatic carbocycles. The number of ether oxygens (including phenoxy) is 1. The Balaban J connectivity index is 1.54. The molecule has 0 radical (unpaired) electrons. The first-order valence-corrected chi connectivity index (χ1v) is 9.98. The Morgan fingerprint density at radius 1 is 1.00 bits per heavy atom. The SMILES string of the molecule is CCOC(=O)c1ncoc1-c1ccccc1C(=O)N1CCN(c2ccccc2)CC1. The van der Waals surface area contributed by atoms with E-state index in [4.69, 9.17) is 9.15 Å². The van der Waals surface area contributed by atoms with Gasteiger partial charge in [-0.25, -0.2) is 9.78 Å². The van der Waals surface area contributed by atoms with Crippen molar-refractivity contribution in [3.05, 3.63) is 72.2 Å². The van der Waals surface area contributed by atoms with Crippen molar-refractivity contribution in [1.29, 1.82) is 0 Å². The van der Waals surface area contributed by atoms with E-state index in [9.17, 15) is 9.59 Å². The van der Waals surface area contributed by atoms with Crippen LogP contribution >= 0.6 is 0 Å². The molecule has 0 atom stereocenters. The van der Waals surface area contributed by atoms with Crippen LogP contribution in [0.2, 0.25) is 0 Å². The molecule has 0 aliphatic carbocycles. The summed E-state index contributed by atoms with van der Waals surface area (Å²) < 4.78 is 10.5. The number of para-hydroxylation sites is 1. The van der Waals surface area contributed by atoms with Gasteiger partial charge in [0.25, 0.3) is 5.91 Å². The Morgan fingerprint density at radius 2 is 1.70 bits per heavy atom. The number of esters is 1. The Kier molecular flexibility index (Phi) is 5.79. The summed E-state index contributed by atoms with van der Waals surface area (Å²) in [5, 5.41) is 0. The lowest BCUT2D eigenvalue weighted by Gasteiger charge is -2.36. The van der Waals surface area contributed by atoms with Gasteiger partial charge in [0.15, 0.2) is 17.8 Å². The van der Waals surface area contributed by atoms with E-state index in [1.54, 1.807) is 31.2 Å². The van der Waals surface area contributed by atoms with Crippen molar-refractivity contribution in [2.24, 2.45) is 0 Å². The van der Waals surface area contributed by atoms with E-state index in [-0.39, 0.29) is 24.0 Å². The van der Waals surface area contributed by atoms with Crippen LogP contribution in [0, 0.1) is 0 Å². The largest absolute Gasteiger partial charge is 0.461 e. The summed E-state index contributed by atoms with van der Waals surface area (Å²) in [6.07, 6.45) is 1.20. The molecule has 154 valence electrons. The lowest BCUT2D eigenvalue weighted by Crippen LogP contribution is -2.48. The first-order chi connectivity index (χ1) is 14.7. The number of piperazine rings is 1. The van der Waals surface area contributed by atoms with Crippen molar-refractivity contribution in [2.75, 3.05) is 37.7 Å². The minimum absolute atomic E-state index is 0.0750. The zero-order valence-electron chi connectivity index (χ0n) is 16.8. The number of amides is 1. The van der Waals surface area contributed by atoms with E-state index in [1.807, 2.05) is 23.1 Å². The van der Waals surface area contributed by atoms with E-state index in [1.165, 1.54) is 6.39 Å². The highest BCUT2D eigenvalue weighted by molar-refractivity contribution is 6.03. The summed E-state index contributed by atoms with van der Waals surface area (Å²) in [7, 11) is 0. The maximum atomic E-state index is 13.3. The first-order valence-electron chi connectivity index (χ1n) is 9.98. The summed E-state index contributed by atoms with van der Waals surface area (Å²) in [6, 6.07) is 17.3. The molecule has 1 amide bonds. The highest BCUT2D eigenvalue weighted by Crippen LogP contribution is 2.29. The molecule has 0 unspecified atom stereocenters. The van der Waals surface area contributed by atoms with E-state index in [2.05, 4.69) is 22.0 Å². The van der Waals surface area contributed by atoms with E-state index >= 15 is 0 Å². The van der Waals surface area contributed by atoms with E-state index < -0.39 is 5.97 Å². The molecule has 1 aromatic heterocycles. The molecular weight excluding hydrogens is 382 g/mol. The Morgan fingerprint density at radius 3 is 2.43 bits per heavy atom. The normalized spacial score (nSPS) is 13.9. The van der Waals surface area contributed by atoms with Gasteiger partial charge in [0.1, 0.15) is 0 Å². The fraction of sp³-hybridized carbons (Fsp3) is 0.261. The molecule has 7 nitrogen and oxygen atoms in total. The third kappa shape index (κ3) is 3.91. The summed E-state index contributed by atoms with van der Waals surface area (Å²) in [5.41, 5.74) is 2.25. The topological polar surface area (TPSA) is 75.9 Å². The van der Waals surface area contributed by atoms with Crippen LogP contribution in [0.1, 0.15) is 27.8 Å². The fourth-order valence-corrected chi connectivity index (χ4v) is 3.63. The summed E-state index contributed by atoms with van der Waals surface area (Å²) in [6.45, 7) is 4.70. The molecule has 4 rings (SSSR count). The second-order valence-electron chi connectivity index (χ2n) is 6.91. The number of hydrogen-bond acceptors (Lipinski definition) is 6. The quantitative estimate of drug-likeness (QED) is 0.605. The van der Waals surface area contributed by atoms with Crippen molar-refractivity contribution in [1.82, 2.24) is 9.88 Å². The molecule has 0 spiro atoms. The van der Waals surface area contributed by atoms with Crippen LogP contribution < -0.4 is 4.90 Å². The lowest BCUT2D eigenvalue weighted by molar-refractivity contribution is 0.0520. The molecule has 1 aliphatic heterocycles. The Hall–Kier alpha value is -3.61. The smallest absolute Gasteiger partial charge is 0.360 e. The molecule has 0 saturated carbocycles. The molecule has 1 fully saturated rings. The molecule has 30 heavy (non-hydrogen) atoms. The van der Waals surface area contributed by atoms with Crippen molar-refractivity contribution < 1.29 is 18.7 Å². The van der Waals surface area contributed by atoms with Crippen LogP contribution in [0.5, 0.6) is 0 Å². The highest BCUT2D eigenvalue weighted by atomic mass is 16.5. The number of carbonyl (C=O) groups excluding carboxylic acids is 2. The number of carbonyl (C=O) groups is 2. The predicted molar refractivity (Wildman–Crippen MR) is 112 cm³/mol. The van der Waals surface area contributed by atoms with Crippen LogP contribution in [0.15, 0.2) is 65.4 Å². The first kappa shape index (κ1) is 19.7. The monoisotopic (exact) mass is 405 g/mol. The molecule has 0 N–H and O–H groups in total. The molecule has 3 aromatic rings. The molecule has 1 saturated heterocycles. The van der Waals surface area contributed by atoms with Crippen LogP contribution in [0.3, 0.4) is 0 Å². The average molecular weight is 405 g/mol. The molecule has 2 heterocycles. The van der Waals surface area contributed by atoms with Crippen LogP contribution in [0.4, 0.5) is 5.69 Å². The van der Waals surface area contributed by atoms with Crippen molar-refractivity contribution >= 4 is 17.6 Å². The second-order valence-corrected chi connectivity index (χ2v) is 6.91. The standard InChI is InChI=1S/C23H23N3O4/c1-2-29-23(28)20-21(30-16-24-20)18-10-6-7-11-19(18)22(27)26-14-12-25(13-15-26)17-8-4-3-5-9-17/h3-11,16H,2,12-15H2,1H3. The van der Waals surface area contributed by atoms with Gasteiger partial charge in [-0.2, -0.15) is 0 Å². The minimum atomic E-state index is -0.569. The van der Waals surface area contributed by atoms with Gasteiger partial charge < -0.3 is 19.0 Å². The maximum absolute atomic E-state index is 13.3. The summed E-state index contributed by atoms with van der Waals surface area (Å²) in [5.74, 6) is -0.412. The third-order valence-electron chi connectivity index (χ3n) is 5.13. The molecule has 0 bridgehead atoms. The van der Waals surface area contributed by atoms with Gasteiger partial charge in [-0.1, -0.05) is 36.4 Å². The summed E-state index contributed by atoms with van der Waals surface area (Å²) in [4.78, 5) is 33.6. The van der Waals surface area contributed by atoms with Crippen LogP contribution in [0.25, 0.3) is 11.3 Å². The van der Waals surface area contributed by atoms with Gasteiger partial charge in [0, 0.05) is 37.4 Å². The van der Waals surface area contributed by atoms with E-state index in [0.717, 1.165) is 18.8 Å². The number of aromatic nitrogens is 1. The predicted octanol–water partition coefficient (Wildman–Crippen LogP) is 3.48. The summed E-state index contributed by atoms with van der Waals surface area (Å²) >= 11 is 0. The second kappa shape index (κ2) is 8.82. The lowest BCUT2D eigenvalue weighted by atomic mass is 10.0. The minimum Gasteiger partial charge on any atom is -0.461 e. The highest BCUT2D eigenvalue weighted by Gasteiger charge is 2.27. The number of oxazole rings is 1. The maximum Gasteiger partial charge on any atom is 0.360 e. The Labute approximate surface area is 174 Å². The number of rotatable bonds is 5. The number of benzene rings is 2. The van der Waals surface area contributed by atoms with Crippen molar-refractivity contribution in [3.63, 3.8) is 0 Å². The van der Waals surface area contributed by atoms with Gasteiger partial charge in [0.05, 0.1) is 12.2 Å². The van der Waals surface area contributed by atoms with E-state index in [0.29, 0.717) is 24.2 Å². The number of nitrogens with zero attached hydrogens (tertiary/aromatic N) is 3. The van der Waals surface area contributed by atoms with Crippen LogP contribution in [-0.2, 0) is 4.74 Å². The van der Waals surface area contributed by atoms with Crippen molar-refractivity contribution in [2.45, 2.75) is 6.92 Å². The molecule has 7 heteroatoms. The van der Waals surface area contributed by atoms with Crippen molar-refractivity contribution in [3.8, 4) is 11.3 Å². The number of anilines is 1. The average Bonchev–Trinajstić information content (AvgIpc) is 3.29.